The molecule has 0 aliphatic carbocycles. The zero-order valence-electron chi connectivity index (χ0n) is 19.0. The number of amides is 1. The van der Waals surface area contributed by atoms with Gasteiger partial charge in [0.05, 0.1) is 24.3 Å². The lowest BCUT2D eigenvalue weighted by atomic mass is 9.94. The summed E-state index contributed by atoms with van der Waals surface area (Å²) in [5.74, 6) is -1.54. The minimum Gasteiger partial charge on any atom is -0.508 e. The first-order valence-electron chi connectivity index (χ1n) is 10.7. The molecule has 0 saturated carbocycles. The van der Waals surface area contributed by atoms with Crippen molar-refractivity contribution in [3.05, 3.63) is 99.1 Å². The molecule has 1 fully saturated rings. The van der Waals surface area contributed by atoms with E-state index in [9.17, 15) is 19.8 Å². The van der Waals surface area contributed by atoms with Gasteiger partial charge in [0.15, 0.2) is 0 Å². The first-order valence-corrected chi connectivity index (χ1v) is 11.1. The number of hydrogen-bond acceptors (Lipinski definition) is 5. The summed E-state index contributed by atoms with van der Waals surface area (Å²) in [6.07, 6.45) is 0. The van der Waals surface area contributed by atoms with Crippen molar-refractivity contribution in [3.63, 3.8) is 0 Å². The van der Waals surface area contributed by atoms with Crippen LogP contribution in [0.2, 0.25) is 5.02 Å². The minimum atomic E-state index is -0.871. The van der Waals surface area contributed by atoms with Crippen LogP contribution in [0.4, 0.5) is 0 Å². The van der Waals surface area contributed by atoms with Crippen molar-refractivity contribution in [1.29, 1.82) is 0 Å². The first-order chi connectivity index (χ1) is 16.2. The van der Waals surface area contributed by atoms with Crippen molar-refractivity contribution >= 4 is 29.1 Å². The number of rotatable bonds is 5. The molecule has 1 unspecified atom stereocenters. The molecule has 6 nitrogen and oxygen atoms in total. The Bertz CT molecular complexity index is 1310. The van der Waals surface area contributed by atoms with Gasteiger partial charge in [-0.2, -0.15) is 0 Å². The van der Waals surface area contributed by atoms with E-state index >= 15 is 0 Å². The molecule has 3 aromatic carbocycles. The van der Waals surface area contributed by atoms with E-state index in [2.05, 4.69) is 0 Å². The van der Waals surface area contributed by atoms with Gasteiger partial charge in [-0.25, -0.2) is 0 Å². The maximum atomic E-state index is 13.3. The Morgan fingerprint density at radius 2 is 1.74 bits per heavy atom. The molecule has 4 rings (SSSR count). The number of likely N-dealkylation sites (tertiary alicyclic amines) is 1. The van der Waals surface area contributed by atoms with Gasteiger partial charge in [-0.15, -0.1) is 0 Å². The molecule has 34 heavy (non-hydrogen) atoms. The topological polar surface area (TPSA) is 87.1 Å². The summed E-state index contributed by atoms with van der Waals surface area (Å²) in [7, 11) is 1.44. The molecule has 1 aliphatic rings. The highest BCUT2D eigenvalue weighted by molar-refractivity contribution is 6.46. The molecule has 1 saturated heterocycles. The minimum absolute atomic E-state index is 0.0479. The second-order valence-electron chi connectivity index (χ2n) is 8.29. The molecule has 1 heterocycles. The number of phenols is 1. The van der Waals surface area contributed by atoms with Crippen LogP contribution in [0.15, 0.2) is 66.2 Å². The number of nitrogens with zero attached hydrogens (tertiary/aromatic N) is 1. The smallest absolute Gasteiger partial charge is 0.295 e. The average molecular weight is 478 g/mol. The van der Waals surface area contributed by atoms with Gasteiger partial charge in [0, 0.05) is 11.6 Å². The van der Waals surface area contributed by atoms with Crippen LogP contribution in [0.3, 0.4) is 0 Å². The number of ketones is 1. The van der Waals surface area contributed by atoms with Crippen LogP contribution in [0.25, 0.3) is 5.76 Å². The van der Waals surface area contributed by atoms with Gasteiger partial charge in [-0.1, -0.05) is 47.5 Å². The second-order valence-corrected chi connectivity index (χ2v) is 8.73. The SMILES string of the molecule is COc1ccc(Cl)cc1/C(O)=C1\C(=O)C(=O)N(Cc2cc(C)ccc2C)C1c1ccc(O)cc1. The highest BCUT2D eigenvalue weighted by atomic mass is 35.5. The van der Waals surface area contributed by atoms with Crippen molar-refractivity contribution in [2.24, 2.45) is 0 Å². The van der Waals surface area contributed by atoms with Gasteiger partial charge in [-0.3, -0.25) is 9.59 Å². The third-order valence-electron chi connectivity index (χ3n) is 6.01. The summed E-state index contributed by atoms with van der Waals surface area (Å²) in [6.45, 7) is 4.07. The number of aryl methyl sites for hydroxylation is 2. The lowest BCUT2D eigenvalue weighted by molar-refractivity contribution is -0.140. The molecule has 0 radical (unpaired) electrons. The van der Waals surface area contributed by atoms with E-state index in [0.29, 0.717) is 16.3 Å². The average Bonchev–Trinajstić information content (AvgIpc) is 3.06. The second kappa shape index (κ2) is 9.23. The maximum Gasteiger partial charge on any atom is 0.295 e. The third kappa shape index (κ3) is 4.24. The number of carbonyl (C=O) groups is 2. The number of aromatic hydroxyl groups is 1. The van der Waals surface area contributed by atoms with Gasteiger partial charge in [-0.05, 0) is 60.9 Å². The van der Waals surface area contributed by atoms with E-state index in [1.165, 1.54) is 30.2 Å². The van der Waals surface area contributed by atoms with Crippen LogP contribution in [-0.2, 0) is 16.1 Å². The fourth-order valence-corrected chi connectivity index (χ4v) is 4.38. The largest absolute Gasteiger partial charge is 0.508 e. The Kier molecular flexibility index (Phi) is 6.35. The van der Waals surface area contributed by atoms with Crippen LogP contribution < -0.4 is 4.74 Å². The number of phenolic OH excluding ortho intramolecular Hbond substituents is 1. The predicted octanol–water partition coefficient (Wildman–Crippen LogP) is 5.29. The molecule has 2 N–H and O–H groups in total. The summed E-state index contributed by atoms with van der Waals surface area (Å²) < 4.78 is 5.36. The number of benzene rings is 3. The quantitative estimate of drug-likeness (QED) is 0.296. The van der Waals surface area contributed by atoms with E-state index in [0.717, 1.165) is 16.7 Å². The number of hydrogen-bond donors (Lipinski definition) is 2. The molecule has 7 heteroatoms. The fraction of sp³-hybridized carbons (Fsp3) is 0.185. The molecule has 1 aliphatic heterocycles. The van der Waals surface area contributed by atoms with Gasteiger partial charge in [0.25, 0.3) is 11.7 Å². The Balaban J connectivity index is 1.92. The van der Waals surface area contributed by atoms with E-state index in [1.54, 1.807) is 24.3 Å². The van der Waals surface area contributed by atoms with Crippen molar-refractivity contribution in [3.8, 4) is 11.5 Å². The lowest BCUT2D eigenvalue weighted by Crippen LogP contribution is -2.29. The summed E-state index contributed by atoms with van der Waals surface area (Å²) in [5.41, 5.74) is 3.62. The Morgan fingerprint density at radius 3 is 2.41 bits per heavy atom. The van der Waals surface area contributed by atoms with Crippen molar-refractivity contribution < 1.29 is 24.5 Å². The normalized spacial score (nSPS) is 17.3. The monoisotopic (exact) mass is 477 g/mol. The van der Waals surface area contributed by atoms with E-state index in [4.69, 9.17) is 16.3 Å². The molecule has 1 amide bonds. The lowest BCUT2D eigenvalue weighted by Gasteiger charge is -2.26. The van der Waals surface area contributed by atoms with Crippen LogP contribution in [0.5, 0.6) is 11.5 Å². The van der Waals surface area contributed by atoms with Crippen LogP contribution in [-0.4, -0.2) is 33.9 Å². The van der Waals surface area contributed by atoms with E-state index < -0.39 is 17.7 Å². The van der Waals surface area contributed by atoms with Crippen LogP contribution in [0.1, 0.15) is 33.9 Å². The zero-order valence-corrected chi connectivity index (χ0v) is 19.8. The predicted molar refractivity (Wildman–Crippen MR) is 130 cm³/mol. The molecule has 174 valence electrons. The fourth-order valence-electron chi connectivity index (χ4n) is 4.21. The summed E-state index contributed by atoms with van der Waals surface area (Å²) >= 11 is 6.15. The first kappa shape index (κ1) is 23.4. The van der Waals surface area contributed by atoms with Gasteiger partial charge in [0.1, 0.15) is 17.3 Å². The number of carbonyl (C=O) groups excluding carboxylic acids is 2. The Morgan fingerprint density at radius 1 is 1.03 bits per heavy atom. The molecule has 3 aromatic rings. The molecule has 0 spiro atoms. The molecule has 0 aromatic heterocycles. The zero-order chi connectivity index (χ0) is 24.6. The van der Waals surface area contributed by atoms with Crippen molar-refractivity contribution in [1.82, 2.24) is 4.90 Å². The van der Waals surface area contributed by atoms with Crippen molar-refractivity contribution in [2.75, 3.05) is 7.11 Å². The van der Waals surface area contributed by atoms with Crippen LogP contribution in [0, 0.1) is 13.8 Å². The van der Waals surface area contributed by atoms with Gasteiger partial charge < -0.3 is 19.8 Å². The summed E-state index contributed by atoms with van der Waals surface area (Å²) in [5, 5.41) is 21.4. The summed E-state index contributed by atoms with van der Waals surface area (Å²) in [4.78, 5) is 28.0. The Labute approximate surface area is 202 Å². The van der Waals surface area contributed by atoms with Crippen LogP contribution >= 0.6 is 11.6 Å². The number of ether oxygens (including phenoxy) is 1. The number of Topliss-reactive ketones (excluding diaryl/α,β-unsaturated/α-hetero) is 1. The van der Waals surface area contributed by atoms with Crippen molar-refractivity contribution in [2.45, 2.75) is 26.4 Å². The summed E-state index contributed by atoms with van der Waals surface area (Å²) in [6, 6.07) is 15.9. The number of halogens is 1. The molecule has 0 bridgehead atoms. The molecular weight excluding hydrogens is 454 g/mol. The van der Waals surface area contributed by atoms with E-state index in [-0.39, 0.29) is 29.2 Å². The standard InChI is InChI=1S/C27H24ClNO5/c1-15-4-5-16(2)18(12-15)14-29-24(17-6-9-20(30)10-7-17)23(26(32)27(29)33)25(31)21-13-19(28)8-11-22(21)34-3/h4-13,24,30-31H,14H2,1-3H3/b25-23+. The third-order valence-corrected chi connectivity index (χ3v) is 6.25. The van der Waals surface area contributed by atoms with Gasteiger partial charge >= 0.3 is 0 Å². The Hall–Kier alpha value is -3.77. The van der Waals surface area contributed by atoms with E-state index in [1.807, 2.05) is 32.0 Å². The number of methoxy groups -OCH3 is 1. The highest BCUT2D eigenvalue weighted by Gasteiger charge is 2.46. The number of aliphatic hydroxyl groups is 1. The molecular formula is C27H24ClNO5. The van der Waals surface area contributed by atoms with Gasteiger partial charge in [0.2, 0.25) is 0 Å². The highest BCUT2D eigenvalue weighted by Crippen LogP contribution is 2.42. The maximum absolute atomic E-state index is 13.3. The number of aliphatic hydroxyl groups excluding tert-OH is 1. The molecule has 1 atom stereocenters.